The van der Waals surface area contributed by atoms with E-state index >= 15 is 0 Å². The van der Waals surface area contributed by atoms with Gasteiger partial charge >= 0.3 is 0 Å². The quantitative estimate of drug-likeness (QED) is 0.305. The molecule has 1 N–H and O–H groups in total. The van der Waals surface area contributed by atoms with Crippen LogP contribution in [-0.2, 0) is 26.2 Å². The van der Waals surface area contributed by atoms with Crippen molar-refractivity contribution in [1.82, 2.24) is 10.2 Å². The molecule has 1 atom stereocenters. The molecule has 3 aromatic rings. The van der Waals surface area contributed by atoms with Gasteiger partial charge in [-0.3, -0.25) is 13.9 Å². The van der Waals surface area contributed by atoms with Crippen LogP contribution in [0.5, 0.6) is 5.75 Å². The number of sulfonamides is 1. The Kier molecular flexibility index (Phi) is 10.3. The number of ether oxygens (including phenoxy) is 1. The highest BCUT2D eigenvalue weighted by Crippen LogP contribution is 2.27. The molecule has 0 heterocycles. The zero-order chi connectivity index (χ0) is 30.3. The minimum absolute atomic E-state index is 0.0846. The van der Waals surface area contributed by atoms with Crippen molar-refractivity contribution >= 4 is 27.5 Å². The van der Waals surface area contributed by atoms with Gasteiger partial charge in [-0.25, -0.2) is 8.42 Å². The molecule has 9 heteroatoms. The average molecular weight is 592 g/mol. The van der Waals surface area contributed by atoms with Crippen molar-refractivity contribution < 1.29 is 22.7 Å². The number of benzene rings is 3. The molecule has 0 aromatic heterocycles. The number of nitrogens with one attached hydrogen (secondary N) is 1. The number of anilines is 1. The summed E-state index contributed by atoms with van der Waals surface area (Å²) in [6, 6.07) is 20.1. The third-order valence-corrected chi connectivity index (χ3v) is 9.75. The largest absolute Gasteiger partial charge is 0.497 e. The lowest BCUT2D eigenvalue weighted by Crippen LogP contribution is -2.53. The normalized spacial score (nSPS) is 14.3. The van der Waals surface area contributed by atoms with E-state index in [1.807, 2.05) is 51.1 Å². The zero-order valence-corrected chi connectivity index (χ0v) is 25.7. The van der Waals surface area contributed by atoms with Crippen molar-refractivity contribution in [2.24, 2.45) is 0 Å². The molecule has 42 heavy (non-hydrogen) atoms. The molecule has 1 fully saturated rings. The van der Waals surface area contributed by atoms with Crippen LogP contribution in [0.4, 0.5) is 5.69 Å². The summed E-state index contributed by atoms with van der Waals surface area (Å²) in [4.78, 5) is 29.4. The molecular weight excluding hydrogens is 550 g/mol. The van der Waals surface area contributed by atoms with Gasteiger partial charge in [0.1, 0.15) is 18.3 Å². The molecule has 3 aromatic carbocycles. The van der Waals surface area contributed by atoms with Gasteiger partial charge < -0.3 is 15.0 Å². The van der Waals surface area contributed by atoms with Crippen molar-refractivity contribution in [3.63, 3.8) is 0 Å². The minimum Gasteiger partial charge on any atom is -0.497 e. The second-order valence-corrected chi connectivity index (χ2v) is 12.7. The van der Waals surface area contributed by atoms with E-state index < -0.39 is 28.5 Å². The van der Waals surface area contributed by atoms with Gasteiger partial charge in [0.05, 0.1) is 17.7 Å². The Labute approximate surface area is 249 Å². The van der Waals surface area contributed by atoms with Crippen molar-refractivity contribution in [1.29, 1.82) is 0 Å². The number of hydrogen-bond donors (Lipinski definition) is 1. The summed E-state index contributed by atoms with van der Waals surface area (Å²) in [5.41, 5.74) is 3.08. The topological polar surface area (TPSA) is 96.0 Å². The fraction of sp³-hybridized carbons (Fsp3) is 0.394. The van der Waals surface area contributed by atoms with Crippen molar-refractivity contribution in [2.45, 2.75) is 76.4 Å². The van der Waals surface area contributed by atoms with Gasteiger partial charge in [0.2, 0.25) is 11.8 Å². The van der Waals surface area contributed by atoms with Gasteiger partial charge in [-0.05, 0) is 86.2 Å². The molecule has 1 aliphatic carbocycles. The van der Waals surface area contributed by atoms with E-state index in [0.29, 0.717) is 17.9 Å². The molecular formula is C33H41N3O5S. The van der Waals surface area contributed by atoms with Crippen LogP contribution in [0.25, 0.3) is 0 Å². The van der Waals surface area contributed by atoms with E-state index in [0.717, 1.165) is 46.7 Å². The van der Waals surface area contributed by atoms with E-state index in [4.69, 9.17) is 4.74 Å². The SMILES string of the molecule is CC[C@H](C(=O)NC1CCCC1)N(Cc1cccc(OC)c1)C(=O)CN(c1ccc(C)c(C)c1)S(=O)(=O)c1ccccc1. The molecule has 1 saturated carbocycles. The molecule has 1 aliphatic rings. The van der Waals surface area contributed by atoms with Crippen LogP contribution in [-0.4, -0.2) is 50.9 Å². The Balaban J connectivity index is 1.73. The summed E-state index contributed by atoms with van der Waals surface area (Å²) in [7, 11) is -2.53. The Bertz CT molecular complexity index is 1490. The van der Waals surface area contributed by atoms with E-state index in [1.54, 1.807) is 37.4 Å². The molecule has 0 aliphatic heterocycles. The first-order chi connectivity index (χ1) is 20.1. The average Bonchev–Trinajstić information content (AvgIpc) is 3.50. The second-order valence-electron chi connectivity index (χ2n) is 10.9. The lowest BCUT2D eigenvalue weighted by molar-refractivity contribution is -0.140. The van der Waals surface area contributed by atoms with Crippen LogP contribution in [0, 0.1) is 13.8 Å². The number of amides is 2. The third kappa shape index (κ3) is 7.31. The summed E-state index contributed by atoms with van der Waals surface area (Å²) in [5, 5.41) is 3.14. The highest BCUT2D eigenvalue weighted by Gasteiger charge is 2.34. The number of carbonyl (C=O) groups excluding carboxylic acids is 2. The van der Waals surface area contributed by atoms with Crippen LogP contribution in [0.1, 0.15) is 55.7 Å². The summed E-state index contributed by atoms with van der Waals surface area (Å²) in [6.45, 7) is 5.39. The fourth-order valence-electron chi connectivity index (χ4n) is 5.38. The van der Waals surface area contributed by atoms with Crippen LogP contribution < -0.4 is 14.4 Å². The molecule has 0 radical (unpaired) electrons. The van der Waals surface area contributed by atoms with E-state index in [9.17, 15) is 18.0 Å². The molecule has 8 nitrogen and oxygen atoms in total. The predicted molar refractivity (Wildman–Crippen MR) is 165 cm³/mol. The Morgan fingerprint density at radius 2 is 1.67 bits per heavy atom. The Hall–Kier alpha value is -3.85. The molecule has 0 spiro atoms. The van der Waals surface area contributed by atoms with E-state index in [-0.39, 0.29) is 23.4 Å². The maximum absolute atomic E-state index is 14.3. The van der Waals surface area contributed by atoms with Gasteiger partial charge in [0.15, 0.2) is 0 Å². The lowest BCUT2D eigenvalue weighted by Gasteiger charge is -2.34. The lowest BCUT2D eigenvalue weighted by atomic mass is 10.1. The number of methoxy groups -OCH3 is 1. The highest BCUT2D eigenvalue weighted by molar-refractivity contribution is 7.92. The first-order valence-corrected chi connectivity index (χ1v) is 16.0. The smallest absolute Gasteiger partial charge is 0.264 e. The van der Waals surface area contributed by atoms with Crippen molar-refractivity contribution in [3.05, 3.63) is 89.5 Å². The highest BCUT2D eigenvalue weighted by atomic mass is 32.2. The number of nitrogens with zero attached hydrogens (tertiary/aromatic N) is 2. The Morgan fingerprint density at radius 3 is 2.31 bits per heavy atom. The molecule has 224 valence electrons. The Morgan fingerprint density at radius 1 is 0.952 bits per heavy atom. The van der Waals surface area contributed by atoms with Crippen LogP contribution in [0.2, 0.25) is 0 Å². The zero-order valence-electron chi connectivity index (χ0n) is 24.9. The monoisotopic (exact) mass is 591 g/mol. The van der Waals surface area contributed by atoms with Gasteiger partial charge in [-0.15, -0.1) is 0 Å². The van der Waals surface area contributed by atoms with E-state index in [1.165, 1.54) is 17.0 Å². The van der Waals surface area contributed by atoms with Crippen molar-refractivity contribution in [3.8, 4) is 5.75 Å². The van der Waals surface area contributed by atoms with Gasteiger partial charge in [0, 0.05) is 12.6 Å². The minimum atomic E-state index is -4.10. The maximum atomic E-state index is 14.3. The van der Waals surface area contributed by atoms with Gasteiger partial charge in [-0.1, -0.05) is 56.2 Å². The maximum Gasteiger partial charge on any atom is 0.264 e. The van der Waals surface area contributed by atoms with Crippen LogP contribution in [0.3, 0.4) is 0 Å². The van der Waals surface area contributed by atoms with Crippen LogP contribution >= 0.6 is 0 Å². The summed E-state index contributed by atoms with van der Waals surface area (Å²) in [5.74, 6) is -0.0555. The molecule has 0 bridgehead atoms. The van der Waals surface area contributed by atoms with Crippen molar-refractivity contribution in [2.75, 3.05) is 18.0 Å². The first kappa shape index (κ1) is 31.1. The number of hydrogen-bond acceptors (Lipinski definition) is 5. The summed E-state index contributed by atoms with van der Waals surface area (Å²) in [6.07, 6.45) is 4.35. The predicted octanol–water partition coefficient (Wildman–Crippen LogP) is 5.37. The fourth-order valence-corrected chi connectivity index (χ4v) is 6.81. The van der Waals surface area contributed by atoms with Gasteiger partial charge in [0.25, 0.3) is 10.0 Å². The number of aryl methyl sites for hydroxylation is 2. The molecule has 0 unspecified atom stereocenters. The first-order valence-electron chi connectivity index (χ1n) is 14.5. The second kappa shape index (κ2) is 13.9. The number of rotatable bonds is 12. The number of carbonyl (C=O) groups is 2. The summed E-state index contributed by atoms with van der Waals surface area (Å²) < 4.78 is 34.5. The van der Waals surface area contributed by atoms with E-state index in [2.05, 4.69) is 5.32 Å². The summed E-state index contributed by atoms with van der Waals surface area (Å²) >= 11 is 0. The van der Waals surface area contributed by atoms with Crippen LogP contribution in [0.15, 0.2) is 77.7 Å². The third-order valence-electron chi connectivity index (χ3n) is 7.96. The molecule has 2 amide bonds. The standard InChI is InChI=1S/C33H41N3O5S/c1-5-31(33(38)34-27-13-9-10-14-27)35(22-26-12-11-15-29(21-26)41-4)32(37)23-36(28-19-18-24(2)25(3)20-28)42(39,40)30-16-7-6-8-17-30/h6-8,11-12,15-21,27,31H,5,9-10,13-14,22-23H2,1-4H3,(H,34,38)/t31-/m1/s1. The molecule has 4 rings (SSSR count). The molecule has 0 saturated heterocycles. The van der Waals surface area contributed by atoms with Gasteiger partial charge in [-0.2, -0.15) is 0 Å².